The van der Waals surface area contributed by atoms with Gasteiger partial charge in [-0.15, -0.1) is 0 Å². The molecule has 5 heteroatoms. The minimum atomic E-state index is -0.129. The molecule has 0 radical (unpaired) electrons. The molecule has 0 aliphatic heterocycles. The summed E-state index contributed by atoms with van der Waals surface area (Å²) < 4.78 is 0.616. The highest BCUT2D eigenvalue weighted by Gasteiger charge is 2.16. The Kier molecular flexibility index (Phi) is 4.16. The Morgan fingerprint density at radius 2 is 2.16 bits per heavy atom. The number of phenolic OH excluding ortho intramolecular Hbond substituents is 1. The third-order valence-electron chi connectivity index (χ3n) is 2.68. The summed E-state index contributed by atoms with van der Waals surface area (Å²) in [7, 11) is 0. The standard InChI is InChI=1S/C14H13BrN2O2/c1-2-17(11-4-3-5-12(18)9-11)14(19)10-6-7-16-13(15)8-10/h3-9,18H,2H2,1H3. The molecular weight excluding hydrogens is 308 g/mol. The van der Waals surface area contributed by atoms with E-state index in [1.54, 1.807) is 47.5 Å². The number of pyridine rings is 1. The number of nitrogens with zero attached hydrogens (tertiary/aromatic N) is 2. The van der Waals surface area contributed by atoms with Crippen LogP contribution in [0.15, 0.2) is 47.2 Å². The second kappa shape index (κ2) is 5.84. The number of rotatable bonds is 3. The number of hydrogen-bond donors (Lipinski definition) is 1. The van der Waals surface area contributed by atoms with Crippen LogP contribution in [0.25, 0.3) is 0 Å². The topological polar surface area (TPSA) is 53.4 Å². The molecule has 2 rings (SSSR count). The zero-order valence-corrected chi connectivity index (χ0v) is 12.0. The fourth-order valence-electron chi connectivity index (χ4n) is 1.80. The molecule has 0 unspecified atom stereocenters. The highest BCUT2D eigenvalue weighted by molar-refractivity contribution is 9.10. The van der Waals surface area contributed by atoms with Gasteiger partial charge in [0.05, 0.1) is 0 Å². The van der Waals surface area contributed by atoms with Crippen LogP contribution in [0.5, 0.6) is 5.75 Å². The molecule has 0 saturated carbocycles. The van der Waals surface area contributed by atoms with Crippen molar-refractivity contribution in [3.63, 3.8) is 0 Å². The van der Waals surface area contributed by atoms with E-state index >= 15 is 0 Å². The van der Waals surface area contributed by atoms with E-state index in [9.17, 15) is 9.90 Å². The number of carbonyl (C=O) groups is 1. The molecule has 0 aliphatic carbocycles. The minimum absolute atomic E-state index is 0.129. The van der Waals surface area contributed by atoms with Gasteiger partial charge in [-0.3, -0.25) is 4.79 Å². The average molecular weight is 321 g/mol. The summed E-state index contributed by atoms with van der Waals surface area (Å²) >= 11 is 3.25. The molecule has 0 atom stereocenters. The summed E-state index contributed by atoms with van der Waals surface area (Å²) in [5.41, 5.74) is 1.22. The van der Waals surface area contributed by atoms with Crippen LogP contribution < -0.4 is 4.90 Å². The Morgan fingerprint density at radius 3 is 2.79 bits per heavy atom. The predicted octanol–water partition coefficient (Wildman–Crippen LogP) is 3.22. The number of amides is 1. The van der Waals surface area contributed by atoms with Gasteiger partial charge in [-0.25, -0.2) is 4.98 Å². The molecule has 0 spiro atoms. The summed E-state index contributed by atoms with van der Waals surface area (Å²) in [4.78, 5) is 18.0. The molecule has 4 nitrogen and oxygen atoms in total. The van der Waals surface area contributed by atoms with Gasteiger partial charge in [-0.2, -0.15) is 0 Å². The fourth-order valence-corrected chi connectivity index (χ4v) is 2.16. The second-order valence-corrected chi connectivity index (χ2v) is 4.75. The van der Waals surface area contributed by atoms with E-state index in [4.69, 9.17) is 0 Å². The van der Waals surface area contributed by atoms with Crippen LogP contribution in [0.2, 0.25) is 0 Å². The van der Waals surface area contributed by atoms with E-state index in [-0.39, 0.29) is 11.7 Å². The molecule has 1 aromatic heterocycles. The van der Waals surface area contributed by atoms with E-state index in [1.165, 1.54) is 0 Å². The van der Waals surface area contributed by atoms with Gasteiger partial charge in [-0.05, 0) is 47.1 Å². The molecule has 0 bridgehead atoms. The van der Waals surface area contributed by atoms with E-state index in [0.717, 1.165) is 0 Å². The van der Waals surface area contributed by atoms with Gasteiger partial charge in [0.25, 0.3) is 5.91 Å². The maximum Gasteiger partial charge on any atom is 0.258 e. The quantitative estimate of drug-likeness (QED) is 0.883. The molecule has 0 fully saturated rings. The normalized spacial score (nSPS) is 10.2. The fraction of sp³-hybridized carbons (Fsp3) is 0.143. The van der Waals surface area contributed by atoms with Crippen LogP contribution in [0.4, 0.5) is 5.69 Å². The molecule has 0 aliphatic rings. The molecule has 19 heavy (non-hydrogen) atoms. The Balaban J connectivity index is 2.34. The molecule has 1 amide bonds. The van der Waals surface area contributed by atoms with Gasteiger partial charge in [-0.1, -0.05) is 6.07 Å². The molecule has 1 heterocycles. The average Bonchev–Trinajstić information content (AvgIpc) is 2.39. The van der Waals surface area contributed by atoms with E-state index < -0.39 is 0 Å². The number of aromatic nitrogens is 1. The molecule has 1 N–H and O–H groups in total. The van der Waals surface area contributed by atoms with Crippen LogP contribution >= 0.6 is 15.9 Å². The van der Waals surface area contributed by atoms with Crippen LogP contribution in [0, 0.1) is 0 Å². The third-order valence-corrected chi connectivity index (χ3v) is 3.11. The Bertz CT molecular complexity index is 602. The highest BCUT2D eigenvalue weighted by atomic mass is 79.9. The maximum absolute atomic E-state index is 12.4. The lowest BCUT2D eigenvalue weighted by molar-refractivity contribution is 0.0988. The van der Waals surface area contributed by atoms with Gasteiger partial charge in [0, 0.05) is 30.1 Å². The Hall–Kier alpha value is -1.88. The number of aromatic hydroxyl groups is 1. The molecular formula is C14H13BrN2O2. The summed E-state index contributed by atoms with van der Waals surface area (Å²) in [5.74, 6) is 0.0101. The molecule has 98 valence electrons. The van der Waals surface area contributed by atoms with Gasteiger partial charge in [0.2, 0.25) is 0 Å². The van der Waals surface area contributed by atoms with Gasteiger partial charge in [0.15, 0.2) is 0 Å². The first kappa shape index (κ1) is 13.5. The van der Waals surface area contributed by atoms with Crippen LogP contribution in [0.1, 0.15) is 17.3 Å². The van der Waals surface area contributed by atoms with Crippen molar-refractivity contribution in [1.29, 1.82) is 0 Å². The Morgan fingerprint density at radius 1 is 1.37 bits per heavy atom. The zero-order chi connectivity index (χ0) is 13.8. The van der Waals surface area contributed by atoms with Crippen LogP contribution in [0.3, 0.4) is 0 Å². The number of anilines is 1. The van der Waals surface area contributed by atoms with E-state index in [0.29, 0.717) is 22.4 Å². The van der Waals surface area contributed by atoms with Crippen molar-refractivity contribution in [3.05, 3.63) is 52.8 Å². The van der Waals surface area contributed by atoms with Gasteiger partial charge in [0.1, 0.15) is 10.4 Å². The van der Waals surface area contributed by atoms with Crippen molar-refractivity contribution in [1.82, 2.24) is 4.98 Å². The highest BCUT2D eigenvalue weighted by Crippen LogP contribution is 2.22. The largest absolute Gasteiger partial charge is 0.508 e. The summed E-state index contributed by atoms with van der Waals surface area (Å²) in [5, 5.41) is 9.50. The number of hydrogen-bond acceptors (Lipinski definition) is 3. The lowest BCUT2D eigenvalue weighted by atomic mass is 10.2. The van der Waals surface area contributed by atoms with Gasteiger partial charge >= 0.3 is 0 Å². The summed E-state index contributed by atoms with van der Waals surface area (Å²) in [6.45, 7) is 2.40. The SMILES string of the molecule is CCN(C(=O)c1ccnc(Br)c1)c1cccc(O)c1. The lowest BCUT2D eigenvalue weighted by Crippen LogP contribution is -2.30. The molecule has 2 aromatic rings. The van der Waals surface area contributed by atoms with Gasteiger partial charge < -0.3 is 10.0 Å². The van der Waals surface area contributed by atoms with Crippen molar-refractivity contribution < 1.29 is 9.90 Å². The Labute approximate surface area is 119 Å². The number of halogens is 1. The molecule has 0 saturated heterocycles. The number of carbonyl (C=O) groups excluding carboxylic acids is 1. The van der Waals surface area contributed by atoms with E-state index in [2.05, 4.69) is 20.9 Å². The first-order valence-electron chi connectivity index (χ1n) is 5.84. The first-order chi connectivity index (χ1) is 9.11. The van der Waals surface area contributed by atoms with Crippen molar-refractivity contribution in [2.45, 2.75) is 6.92 Å². The molecule has 1 aromatic carbocycles. The van der Waals surface area contributed by atoms with Crippen molar-refractivity contribution in [2.75, 3.05) is 11.4 Å². The smallest absolute Gasteiger partial charge is 0.258 e. The lowest BCUT2D eigenvalue weighted by Gasteiger charge is -2.21. The van der Waals surface area contributed by atoms with Crippen molar-refractivity contribution >= 4 is 27.5 Å². The predicted molar refractivity (Wildman–Crippen MR) is 77.4 cm³/mol. The number of benzene rings is 1. The third kappa shape index (κ3) is 3.12. The van der Waals surface area contributed by atoms with Crippen molar-refractivity contribution in [3.8, 4) is 5.75 Å². The second-order valence-electron chi connectivity index (χ2n) is 3.94. The van der Waals surface area contributed by atoms with E-state index in [1.807, 2.05) is 6.92 Å². The maximum atomic E-state index is 12.4. The van der Waals surface area contributed by atoms with Crippen molar-refractivity contribution in [2.24, 2.45) is 0 Å². The monoisotopic (exact) mass is 320 g/mol. The summed E-state index contributed by atoms with van der Waals surface area (Å²) in [6.07, 6.45) is 1.58. The minimum Gasteiger partial charge on any atom is -0.508 e. The van der Waals surface area contributed by atoms with Crippen LogP contribution in [-0.2, 0) is 0 Å². The first-order valence-corrected chi connectivity index (χ1v) is 6.63. The summed E-state index contributed by atoms with van der Waals surface area (Å²) in [6, 6.07) is 9.98. The van der Waals surface area contributed by atoms with Crippen LogP contribution in [-0.4, -0.2) is 22.5 Å². The zero-order valence-electron chi connectivity index (χ0n) is 10.4. The number of phenols is 1.